The van der Waals surface area contributed by atoms with E-state index in [0.717, 1.165) is 0 Å². The molecule has 0 aliphatic carbocycles. The minimum absolute atomic E-state index is 0.0310. The average molecular weight is 301 g/mol. The van der Waals surface area contributed by atoms with Crippen LogP contribution >= 0.6 is 11.6 Å². The molecule has 19 heavy (non-hydrogen) atoms. The minimum atomic E-state index is -3.30. The van der Waals surface area contributed by atoms with E-state index in [1.807, 2.05) is 18.9 Å². The lowest BCUT2D eigenvalue weighted by Crippen LogP contribution is -2.29. The Morgan fingerprint density at radius 3 is 2.47 bits per heavy atom. The van der Waals surface area contributed by atoms with Crippen molar-refractivity contribution in [2.24, 2.45) is 5.92 Å². The van der Waals surface area contributed by atoms with Crippen LogP contribution in [0.3, 0.4) is 0 Å². The number of nitrogens with zero attached hydrogens (tertiary/aromatic N) is 2. The van der Waals surface area contributed by atoms with Crippen molar-refractivity contribution in [1.29, 1.82) is 5.26 Å². The van der Waals surface area contributed by atoms with Gasteiger partial charge in [-0.3, -0.25) is 0 Å². The summed E-state index contributed by atoms with van der Waals surface area (Å²) in [7, 11) is -1.49. The molecule has 1 aromatic carbocycles. The molecule has 0 aliphatic heterocycles. The van der Waals surface area contributed by atoms with Crippen LogP contribution < -0.4 is 0 Å². The number of sulfone groups is 1. The fraction of sp³-hybridized carbons (Fsp3) is 0.462. The third-order valence-corrected chi connectivity index (χ3v) is 4.68. The maximum atomic E-state index is 12.1. The van der Waals surface area contributed by atoms with Crippen molar-refractivity contribution in [3.8, 4) is 6.07 Å². The van der Waals surface area contributed by atoms with E-state index in [4.69, 9.17) is 16.9 Å². The van der Waals surface area contributed by atoms with Gasteiger partial charge in [-0.1, -0.05) is 11.6 Å². The van der Waals surface area contributed by atoms with E-state index in [9.17, 15) is 8.42 Å². The summed E-state index contributed by atoms with van der Waals surface area (Å²) in [5.41, 5.74) is 0. The first-order valence-corrected chi connectivity index (χ1v) is 7.94. The van der Waals surface area contributed by atoms with Crippen LogP contribution in [0.4, 0.5) is 0 Å². The summed E-state index contributed by atoms with van der Waals surface area (Å²) in [5, 5.41) is 9.22. The van der Waals surface area contributed by atoms with E-state index in [1.54, 1.807) is 12.1 Å². The third kappa shape index (κ3) is 5.19. The molecular weight excluding hydrogens is 284 g/mol. The highest BCUT2D eigenvalue weighted by molar-refractivity contribution is 7.91. The Morgan fingerprint density at radius 2 is 1.95 bits per heavy atom. The first kappa shape index (κ1) is 16.0. The molecule has 1 unspecified atom stereocenters. The Balaban J connectivity index is 2.61. The summed E-state index contributed by atoms with van der Waals surface area (Å²) < 4.78 is 24.1. The normalized spacial score (nSPS) is 13.2. The average Bonchev–Trinajstić information content (AvgIpc) is 2.37. The highest BCUT2D eigenvalue weighted by Crippen LogP contribution is 2.15. The van der Waals surface area contributed by atoms with Gasteiger partial charge in [-0.2, -0.15) is 5.26 Å². The number of halogens is 1. The van der Waals surface area contributed by atoms with Gasteiger partial charge >= 0.3 is 0 Å². The zero-order chi connectivity index (χ0) is 14.5. The molecule has 0 saturated carbocycles. The monoisotopic (exact) mass is 300 g/mol. The second kappa shape index (κ2) is 6.90. The van der Waals surface area contributed by atoms with Gasteiger partial charge in [0, 0.05) is 18.1 Å². The molecule has 0 amide bonds. The molecule has 1 rings (SSSR count). The first-order valence-electron chi connectivity index (χ1n) is 5.91. The highest BCUT2D eigenvalue weighted by atomic mass is 35.5. The molecule has 0 saturated heterocycles. The van der Waals surface area contributed by atoms with E-state index in [1.165, 1.54) is 12.1 Å². The van der Waals surface area contributed by atoms with E-state index >= 15 is 0 Å². The summed E-state index contributed by atoms with van der Waals surface area (Å²) in [5.74, 6) is -0.0771. The van der Waals surface area contributed by atoms with Gasteiger partial charge in [-0.15, -0.1) is 0 Å². The van der Waals surface area contributed by atoms with Gasteiger partial charge < -0.3 is 4.90 Å². The quantitative estimate of drug-likeness (QED) is 0.808. The van der Waals surface area contributed by atoms with Crippen LogP contribution in [0.1, 0.15) is 6.92 Å². The molecular formula is C13H17ClN2O2S. The van der Waals surface area contributed by atoms with Crippen LogP contribution in [0.5, 0.6) is 0 Å². The van der Waals surface area contributed by atoms with Gasteiger partial charge in [-0.25, -0.2) is 8.42 Å². The molecule has 1 atom stereocenters. The Hall–Kier alpha value is -1.09. The van der Waals surface area contributed by atoms with Crippen LogP contribution in [0.25, 0.3) is 0 Å². The number of rotatable bonds is 6. The van der Waals surface area contributed by atoms with Gasteiger partial charge in [0.1, 0.15) is 0 Å². The van der Waals surface area contributed by atoms with Crippen LogP contribution in [0.15, 0.2) is 29.2 Å². The molecule has 0 radical (unpaired) electrons. The molecule has 104 valence electrons. The molecule has 0 fully saturated rings. The minimum Gasteiger partial charge on any atom is -0.304 e. The number of nitriles is 1. The van der Waals surface area contributed by atoms with Crippen molar-refractivity contribution in [1.82, 2.24) is 4.90 Å². The summed E-state index contributed by atoms with van der Waals surface area (Å²) >= 11 is 5.73. The Bertz CT molecular complexity index is 549. The molecule has 0 aromatic heterocycles. The Kier molecular flexibility index (Phi) is 5.80. The van der Waals surface area contributed by atoms with Crippen molar-refractivity contribution >= 4 is 21.4 Å². The summed E-state index contributed by atoms with van der Waals surface area (Å²) in [6.07, 6.45) is 0. The van der Waals surface area contributed by atoms with Gasteiger partial charge in [0.15, 0.2) is 9.84 Å². The number of benzene rings is 1. The summed E-state index contributed by atoms with van der Waals surface area (Å²) in [4.78, 5) is 2.13. The predicted molar refractivity (Wildman–Crippen MR) is 75.8 cm³/mol. The lowest BCUT2D eigenvalue weighted by atomic mass is 10.2. The maximum absolute atomic E-state index is 12.1. The molecule has 0 aliphatic rings. The number of hydrogen-bond acceptors (Lipinski definition) is 4. The zero-order valence-corrected chi connectivity index (χ0v) is 12.6. The molecule has 0 bridgehead atoms. The van der Waals surface area contributed by atoms with Crippen molar-refractivity contribution in [3.63, 3.8) is 0 Å². The topological polar surface area (TPSA) is 61.2 Å². The van der Waals surface area contributed by atoms with Gasteiger partial charge in [-0.05, 0) is 38.2 Å². The second-order valence-electron chi connectivity index (χ2n) is 4.57. The van der Waals surface area contributed by atoms with Crippen LogP contribution in [-0.2, 0) is 9.84 Å². The van der Waals surface area contributed by atoms with Gasteiger partial charge in [0.25, 0.3) is 0 Å². The predicted octanol–water partition coefficient (Wildman–Crippen LogP) is 2.21. The molecule has 6 heteroatoms. The summed E-state index contributed by atoms with van der Waals surface area (Å²) in [6.45, 7) is 2.77. The van der Waals surface area contributed by atoms with Crippen LogP contribution in [0, 0.1) is 17.2 Å². The Labute approximate surface area is 119 Å². The van der Waals surface area contributed by atoms with Crippen molar-refractivity contribution in [2.45, 2.75) is 11.8 Å². The van der Waals surface area contributed by atoms with Gasteiger partial charge in [0.2, 0.25) is 0 Å². The van der Waals surface area contributed by atoms with E-state index in [2.05, 4.69) is 6.07 Å². The van der Waals surface area contributed by atoms with Crippen molar-refractivity contribution in [3.05, 3.63) is 29.3 Å². The maximum Gasteiger partial charge on any atom is 0.179 e. The fourth-order valence-corrected chi connectivity index (χ4v) is 3.10. The van der Waals surface area contributed by atoms with Crippen LogP contribution in [-0.4, -0.2) is 39.2 Å². The molecule has 0 N–H and O–H groups in total. The number of hydrogen-bond donors (Lipinski definition) is 0. The molecule has 1 aromatic rings. The first-order chi connectivity index (χ1) is 8.85. The van der Waals surface area contributed by atoms with Gasteiger partial charge in [0.05, 0.1) is 22.6 Å². The Morgan fingerprint density at radius 1 is 1.37 bits per heavy atom. The smallest absolute Gasteiger partial charge is 0.179 e. The fourth-order valence-electron chi connectivity index (χ4n) is 1.64. The lowest BCUT2D eigenvalue weighted by molar-refractivity contribution is 0.327. The molecule has 0 heterocycles. The van der Waals surface area contributed by atoms with E-state index < -0.39 is 9.84 Å². The van der Waals surface area contributed by atoms with E-state index in [-0.39, 0.29) is 16.6 Å². The van der Waals surface area contributed by atoms with Crippen molar-refractivity contribution < 1.29 is 8.42 Å². The largest absolute Gasteiger partial charge is 0.304 e. The van der Waals surface area contributed by atoms with Crippen molar-refractivity contribution in [2.75, 3.05) is 25.9 Å². The SMILES string of the molecule is CC(C#N)CN(C)CCS(=O)(=O)c1ccc(Cl)cc1. The third-order valence-electron chi connectivity index (χ3n) is 2.72. The molecule has 4 nitrogen and oxygen atoms in total. The standard InChI is InChI=1S/C13H17ClN2O2S/c1-11(9-15)10-16(2)7-8-19(17,18)13-5-3-12(14)4-6-13/h3-6,11H,7-8,10H2,1-2H3. The zero-order valence-electron chi connectivity index (χ0n) is 11.0. The highest BCUT2D eigenvalue weighted by Gasteiger charge is 2.15. The molecule has 0 spiro atoms. The van der Waals surface area contributed by atoms with Crippen LogP contribution in [0.2, 0.25) is 5.02 Å². The van der Waals surface area contributed by atoms with E-state index in [0.29, 0.717) is 18.1 Å². The summed E-state index contributed by atoms with van der Waals surface area (Å²) in [6, 6.07) is 8.27. The lowest BCUT2D eigenvalue weighted by Gasteiger charge is -2.17. The second-order valence-corrected chi connectivity index (χ2v) is 7.11.